The van der Waals surface area contributed by atoms with Crippen LogP contribution in [0.5, 0.6) is 0 Å². The number of hydrogen-bond donors (Lipinski definition) is 1. The lowest BCUT2D eigenvalue weighted by Crippen LogP contribution is -2.56. The van der Waals surface area contributed by atoms with Crippen LogP contribution in [0.3, 0.4) is 0 Å². The van der Waals surface area contributed by atoms with Crippen molar-refractivity contribution >= 4 is 11.8 Å². The highest BCUT2D eigenvalue weighted by molar-refractivity contribution is 5.89. The minimum Gasteiger partial charge on any atom is -0.346 e. The number of rotatable bonds is 3. The average Bonchev–Trinajstić information content (AvgIpc) is 2.75. The van der Waals surface area contributed by atoms with Gasteiger partial charge in [-0.2, -0.15) is 13.2 Å². The van der Waals surface area contributed by atoms with Crippen LogP contribution in [-0.4, -0.2) is 42.5 Å². The number of nitrogens with one attached hydrogen (secondary N) is 1. The van der Waals surface area contributed by atoms with Crippen LogP contribution >= 0.6 is 0 Å². The molecule has 1 heterocycles. The van der Waals surface area contributed by atoms with E-state index in [4.69, 9.17) is 0 Å². The molecule has 3 rings (SSSR count). The topological polar surface area (TPSA) is 49.4 Å². The minimum absolute atomic E-state index is 0.182. The van der Waals surface area contributed by atoms with Gasteiger partial charge < -0.3 is 10.2 Å². The molecule has 4 nitrogen and oxygen atoms in total. The number of carbonyl (C=O) groups is 2. The Morgan fingerprint density at radius 3 is 2.14 bits per heavy atom. The zero-order valence-electron chi connectivity index (χ0n) is 12.8. The molecule has 0 radical (unpaired) electrons. The first kappa shape index (κ1) is 15.6. The summed E-state index contributed by atoms with van der Waals surface area (Å²) in [4.78, 5) is 25.6. The molecule has 3 aliphatic rings. The van der Waals surface area contributed by atoms with Gasteiger partial charge in [-0.05, 0) is 30.1 Å². The van der Waals surface area contributed by atoms with Crippen molar-refractivity contribution in [3.8, 4) is 0 Å². The SMILES string of the molecule is CC1(C)C2CN(C(=O)CNC(=O)C3(C(F)(F)F)CCC3)CC21. The lowest BCUT2D eigenvalue weighted by Gasteiger charge is -2.41. The van der Waals surface area contributed by atoms with Gasteiger partial charge in [0.05, 0.1) is 6.54 Å². The van der Waals surface area contributed by atoms with Gasteiger partial charge in [-0.3, -0.25) is 9.59 Å². The van der Waals surface area contributed by atoms with Crippen LogP contribution in [0.25, 0.3) is 0 Å². The van der Waals surface area contributed by atoms with E-state index in [0.29, 0.717) is 31.3 Å². The lowest BCUT2D eigenvalue weighted by molar-refractivity contribution is -0.243. The summed E-state index contributed by atoms with van der Waals surface area (Å²) in [5.74, 6) is -0.363. The second kappa shape index (κ2) is 4.61. The monoisotopic (exact) mass is 318 g/mol. The van der Waals surface area contributed by atoms with Crippen molar-refractivity contribution in [2.24, 2.45) is 22.7 Å². The van der Waals surface area contributed by atoms with Gasteiger partial charge in [-0.15, -0.1) is 0 Å². The van der Waals surface area contributed by atoms with E-state index in [1.54, 1.807) is 4.90 Å². The first-order chi connectivity index (χ1) is 10.1. The second-order valence-electron chi connectivity index (χ2n) is 7.45. The number of fused-ring (bicyclic) bond motifs is 1. The Morgan fingerprint density at radius 2 is 1.73 bits per heavy atom. The Morgan fingerprint density at radius 1 is 1.18 bits per heavy atom. The number of alkyl halides is 3. The van der Waals surface area contributed by atoms with E-state index >= 15 is 0 Å². The summed E-state index contributed by atoms with van der Waals surface area (Å²) < 4.78 is 39.1. The van der Waals surface area contributed by atoms with Gasteiger partial charge in [0.25, 0.3) is 0 Å². The van der Waals surface area contributed by atoms with E-state index < -0.39 is 17.5 Å². The molecule has 7 heteroatoms. The summed E-state index contributed by atoms with van der Waals surface area (Å²) in [6.07, 6.45) is -4.51. The van der Waals surface area contributed by atoms with Crippen LogP contribution in [0.15, 0.2) is 0 Å². The van der Waals surface area contributed by atoms with Crippen molar-refractivity contribution in [1.29, 1.82) is 0 Å². The van der Waals surface area contributed by atoms with E-state index in [1.807, 2.05) is 0 Å². The fourth-order valence-corrected chi connectivity index (χ4v) is 3.94. The average molecular weight is 318 g/mol. The molecular weight excluding hydrogens is 297 g/mol. The third-order valence-electron chi connectivity index (χ3n) is 6.06. The molecule has 0 aromatic heterocycles. The molecule has 124 valence electrons. The number of carbonyl (C=O) groups excluding carboxylic acids is 2. The molecule has 1 saturated heterocycles. The lowest BCUT2D eigenvalue weighted by atomic mass is 9.67. The van der Waals surface area contributed by atoms with E-state index in [1.165, 1.54) is 0 Å². The summed E-state index contributed by atoms with van der Waals surface area (Å²) in [6, 6.07) is 0. The Hall–Kier alpha value is -1.27. The van der Waals surface area contributed by atoms with Gasteiger partial charge in [0, 0.05) is 13.1 Å². The number of likely N-dealkylation sites (tertiary alicyclic amines) is 1. The third kappa shape index (κ3) is 2.12. The highest BCUT2D eigenvalue weighted by Crippen LogP contribution is 2.61. The smallest absolute Gasteiger partial charge is 0.346 e. The summed E-state index contributed by atoms with van der Waals surface area (Å²) in [5.41, 5.74) is -2.01. The van der Waals surface area contributed by atoms with Crippen LogP contribution in [0, 0.1) is 22.7 Å². The second-order valence-corrected chi connectivity index (χ2v) is 7.45. The number of amides is 2. The van der Waals surface area contributed by atoms with Gasteiger partial charge >= 0.3 is 6.18 Å². The zero-order chi connectivity index (χ0) is 16.3. The maximum Gasteiger partial charge on any atom is 0.403 e. The standard InChI is InChI=1S/C15H21F3N2O2/c1-13(2)9-7-20(8-10(9)13)11(21)6-19-12(22)14(4-3-5-14)15(16,17)18/h9-10H,3-8H2,1-2H3,(H,19,22). The van der Waals surface area contributed by atoms with Gasteiger partial charge in [0.1, 0.15) is 5.41 Å². The van der Waals surface area contributed by atoms with Gasteiger partial charge in [0.15, 0.2) is 0 Å². The highest BCUT2D eigenvalue weighted by atomic mass is 19.4. The zero-order valence-corrected chi connectivity index (χ0v) is 12.8. The molecule has 1 aliphatic heterocycles. The number of nitrogens with zero attached hydrogens (tertiary/aromatic N) is 1. The summed E-state index contributed by atoms with van der Waals surface area (Å²) in [7, 11) is 0. The van der Waals surface area contributed by atoms with E-state index in [2.05, 4.69) is 19.2 Å². The molecule has 22 heavy (non-hydrogen) atoms. The first-order valence-corrected chi connectivity index (χ1v) is 7.72. The number of piperidine rings is 1. The van der Waals surface area contributed by atoms with Crippen LogP contribution in [0.1, 0.15) is 33.1 Å². The summed E-state index contributed by atoms with van der Waals surface area (Å²) in [6.45, 7) is 5.29. The Balaban J connectivity index is 1.51. The van der Waals surface area contributed by atoms with Crippen molar-refractivity contribution in [3.63, 3.8) is 0 Å². The van der Waals surface area contributed by atoms with Crippen molar-refractivity contribution in [2.45, 2.75) is 39.3 Å². The Labute approximate surface area is 127 Å². The number of hydrogen-bond acceptors (Lipinski definition) is 2. The van der Waals surface area contributed by atoms with Crippen LogP contribution in [0.4, 0.5) is 13.2 Å². The minimum atomic E-state index is -4.54. The maximum atomic E-state index is 13.0. The van der Waals surface area contributed by atoms with Crippen LogP contribution in [0.2, 0.25) is 0 Å². The summed E-state index contributed by atoms with van der Waals surface area (Å²) >= 11 is 0. The van der Waals surface area contributed by atoms with Crippen molar-refractivity contribution in [2.75, 3.05) is 19.6 Å². The van der Waals surface area contributed by atoms with Gasteiger partial charge in [0.2, 0.25) is 11.8 Å². The first-order valence-electron chi connectivity index (χ1n) is 7.72. The molecule has 2 atom stereocenters. The number of halogens is 3. The predicted molar refractivity (Wildman–Crippen MR) is 72.7 cm³/mol. The maximum absolute atomic E-state index is 13.0. The van der Waals surface area contributed by atoms with Gasteiger partial charge in [-0.25, -0.2) is 0 Å². The fraction of sp³-hybridized carbons (Fsp3) is 0.867. The molecule has 2 amide bonds. The van der Waals surface area contributed by atoms with Crippen molar-refractivity contribution < 1.29 is 22.8 Å². The van der Waals surface area contributed by atoms with Crippen LogP contribution < -0.4 is 5.32 Å². The molecule has 0 spiro atoms. The molecular formula is C15H21F3N2O2. The largest absolute Gasteiger partial charge is 0.403 e. The quantitative estimate of drug-likeness (QED) is 0.865. The van der Waals surface area contributed by atoms with E-state index in [0.717, 1.165) is 0 Å². The van der Waals surface area contributed by atoms with Gasteiger partial charge in [-0.1, -0.05) is 20.3 Å². The van der Waals surface area contributed by atoms with Crippen LogP contribution in [-0.2, 0) is 9.59 Å². The predicted octanol–water partition coefficient (Wildman–Crippen LogP) is 1.95. The van der Waals surface area contributed by atoms with E-state index in [-0.39, 0.29) is 30.7 Å². The normalized spacial score (nSPS) is 31.2. The molecule has 0 bridgehead atoms. The van der Waals surface area contributed by atoms with E-state index in [9.17, 15) is 22.8 Å². The molecule has 2 unspecified atom stereocenters. The Kier molecular flexibility index (Phi) is 3.28. The van der Waals surface area contributed by atoms with Crippen molar-refractivity contribution in [1.82, 2.24) is 10.2 Å². The molecule has 0 aromatic rings. The molecule has 1 N–H and O–H groups in total. The summed E-state index contributed by atoms with van der Waals surface area (Å²) in [5, 5.41) is 2.21. The third-order valence-corrected chi connectivity index (χ3v) is 6.06. The molecule has 3 fully saturated rings. The molecule has 2 saturated carbocycles. The molecule has 2 aliphatic carbocycles. The highest BCUT2D eigenvalue weighted by Gasteiger charge is 2.64. The molecule has 0 aromatic carbocycles. The van der Waals surface area contributed by atoms with Crippen molar-refractivity contribution in [3.05, 3.63) is 0 Å². The Bertz CT molecular complexity index is 497. The fourth-order valence-electron chi connectivity index (χ4n) is 3.94.